The number of aromatic nitrogens is 2. The van der Waals surface area contributed by atoms with Crippen LogP contribution in [-0.2, 0) is 26.0 Å². The second kappa shape index (κ2) is 11.3. The quantitative estimate of drug-likeness (QED) is 0.263. The number of sulfone groups is 1. The molecule has 1 saturated carbocycles. The van der Waals surface area contributed by atoms with E-state index in [4.69, 9.17) is 14.2 Å². The highest BCUT2D eigenvalue weighted by atomic mass is 32.2. The molecule has 1 amide bonds. The number of aromatic amines is 1. The minimum atomic E-state index is -3.46. The third kappa shape index (κ3) is 6.31. The van der Waals surface area contributed by atoms with E-state index in [1.54, 1.807) is 30.3 Å². The van der Waals surface area contributed by atoms with Crippen molar-refractivity contribution in [3.63, 3.8) is 0 Å². The standard InChI is InChI=1S/C31H29N3O7S/c1-42(37,38)29-12-9-23(18-32-29)40-24-15-21(16-25(17-24)41-28-13-14-34(30(28)35)22-7-8-22)26-10-11-27(33-26)31(36)39-19-20-5-3-2-4-6-20/h2-6,9-12,15-18,22,28,33H,7-8,13-14,19H2,1H3. The molecule has 2 aliphatic rings. The first-order chi connectivity index (χ1) is 20.2. The lowest BCUT2D eigenvalue weighted by molar-refractivity contribution is -0.133. The van der Waals surface area contributed by atoms with E-state index in [1.807, 2.05) is 35.2 Å². The highest BCUT2D eigenvalue weighted by molar-refractivity contribution is 7.90. The van der Waals surface area contributed by atoms with E-state index in [0.29, 0.717) is 47.5 Å². The van der Waals surface area contributed by atoms with Gasteiger partial charge in [-0.15, -0.1) is 0 Å². The van der Waals surface area contributed by atoms with Crippen LogP contribution in [0.3, 0.4) is 0 Å². The molecule has 4 aromatic rings. The van der Waals surface area contributed by atoms with Crippen LogP contribution in [0.4, 0.5) is 0 Å². The molecule has 1 saturated heterocycles. The first-order valence-electron chi connectivity index (χ1n) is 13.6. The molecule has 1 aliphatic heterocycles. The van der Waals surface area contributed by atoms with E-state index >= 15 is 0 Å². The number of rotatable bonds is 10. The summed E-state index contributed by atoms with van der Waals surface area (Å²) in [5.41, 5.74) is 2.42. The fraction of sp³-hybridized carbons (Fsp3) is 0.258. The van der Waals surface area contributed by atoms with Gasteiger partial charge in [-0.05, 0) is 54.8 Å². The largest absolute Gasteiger partial charge is 0.480 e. The number of carbonyl (C=O) groups excluding carboxylic acids is 2. The predicted octanol–water partition coefficient (Wildman–Crippen LogP) is 4.77. The van der Waals surface area contributed by atoms with Gasteiger partial charge >= 0.3 is 5.97 Å². The molecule has 2 aromatic carbocycles. The second-order valence-corrected chi connectivity index (χ2v) is 12.4. The summed E-state index contributed by atoms with van der Waals surface area (Å²) < 4.78 is 41.2. The van der Waals surface area contributed by atoms with Crippen molar-refractivity contribution in [1.29, 1.82) is 0 Å². The third-order valence-electron chi connectivity index (χ3n) is 7.09. The molecule has 6 rings (SSSR count). The van der Waals surface area contributed by atoms with Gasteiger partial charge in [-0.25, -0.2) is 18.2 Å². The van der Waals surface area contributed by atoms with E-state index in [-0.39, 0.29) is 23.2 Å². The molecule has 0 spiro atoms. The molecule has 0 bridgehead atoms. The number of carbonyl (C=O) groups is 2. The van der Waals surface area contributed by atoms with Gasteiger partial charge in [0.1, 0.15) is 29.5 Å². The Morgan fingerprint density at radius 1 is 0.976 bits per heavy atom. The summed E-state index contributed by atoms with van der Waals surface area (Å²) in [6.45, 7) is 0.815. The molecule has 10 nitrogen and oxygen atoms in total. The number of ether oxygens (including phenoxy) is 3. The Bertz CT molecular complexity index is 1710. The fourth-order valence-electron chi connectivity index (χ4n) is 4.82. The molecule has 3 heterocycles. The molecule has 2 aromatic heterocycles. The second-order valence-electron chi connectivity index (χ2n) is 10.4. The minimum Gasteiger partial charge on any atom is -0.480 e. The van der Waals surface area contributed by atoms with Crippen molar-refractivity contribution in [1.82, 2.24) is 14.9 Å². The van der Waals surface area contributed by atoms with Crippen molar-refractivity contribution in [2.75, 3.05) is 12.8 Å². The first-order valence-corrected chi connectivity index (χ1v) is 15.5. The van der Waals surface area contributed by atoms with Crippen LogP contribution in [0.5, 0.6) is 17.2 Å². The smallest absolute Gasteiger partial charge is 0.355 e. The maximum atomic E-state index is 12.9. The summed E-state index contributed by atoms with van der Waals surface area (Å²) in [6.07, 6.45) is 4.46. The Hall–Kier alpha value is -4.64. The number of hydrogen-bond acceptors (Lipinski definition) is 8. The van der Waals surface area contributed by atoms with E-state index in [0.717, 1.165) is 24.7 Å². The number of likely N-dealkylation sites (tertiary alicyclic amines) is 1. The lowest BCUT2D eigenvalue weighted by Crippen LogP contribution is -2.33. The van der Waals surface area contributed by atoms with Gasteiger partial charge in [0.2, 0.25) is 0 Å². The number of nitrogens with one attached hydrogen (secondary N) is 1. The lowest BCUT2D eigenvalue weighted by Gasteiger charge is -2.17. The maximum Gasteiger partial charge on any atom is 0.355 e. The van der Waals surface area contributed by atoms with E-state index in [9.17, 15) is 18.0 Å². The van der Waals surface area contributed by atoms with Gasteiger partial charge in [-0.2, -0.15) is 0 Å². The van der Waals surface area contributed by atoms with Crippen molar-refractivity contribution in [2.45, 2.75) is 43.0 Å². The molecule has 1 aliphatic carbocycles. The first kappa shape index (κ1) is 27.5. The Labute approximate surface area is 243 Å². The highest BCUT2D eigenvalue weighted by Crippen LogP contribution is 2.35. The van der Waals surface area contributed by atoms with Crippen molar-refractivity contribution in [3.05, 3.63) is 90.3 Å². The molecule has 1 unspecified atom stereocenters. The number of amides is 1. The van der Waals surface area contributed by atoms with Crippen molar-refractivity contribution in [2.24, 2.45) is 0 Å². The van der Waals surface area contributed by atoms with Crippen molar-refractivity contribution >= 4 is 21.7 Å². The van der Waals surface area contributed by atoms with Crippen LogP contribution in [0, 0.1) is 0 Å². The van der Waals surface area contributed by atoms with Crippen LogP contribution >= 0.6 is 0 Å². The zero-order chi connectivity index (χ0) is 29.3. The average Bonchev–Trinajstić information content (AvgIpc) is 3.58. The van der Waals surface area contributed by atoms with Crippen LogP contribution in [0.15, 0.2) is 84.0 Å². The number of pyridine rings is 1. The Balaban J connectivity index is 1.24. The highest BCUT2D eigenvalue weighted by Gasteiger charge is 2.41. The third-order valence-corrected chi connectivity index (χ3v) is 8.09. The lowest BCUT2D eigenvalue weighted by atomic mass is 10.1. The maximum absolute atomic E-state index is 12.9. The normalized spacial score (nSPS) is 16.8. The van der Waals surface area contributed by atoms with Gasteiger partial charge in [-0.3, -0.25) is 4.79 Å². The molecule has 2 fully saturated rings. The van der Waals surface area contributed by atoms with Crippen molar-refractivity contribution in [3.8, 4) is 28.5 Å². The SMILES string of the molecule is CS(=O)(=O)c1ccc(Oc2cc(OC3CCN(C4CC4)C3=O)cc(-c3ccc(C(=O)OCc4ccccc4)[nH]3)c2)cn1. The zero-order valence-electron chi connectivity index (χ0n) is 22.9. The summed E-state index contributed by atoms with van der Waals surface area (Å²) in [5, 5.41) is -0.0642. The average molecular weight is 588 g/mol. The van der Waals surface area contributed by atoms with Crippen LogP contribution in [0.25, 0.3) is 11.3 Å². The fourth-order valence-corrected chi connectivity index (χ4v) is 5.38. The molecule has 1 atom stereocenters. The molecule has 0 radical (unpaired) electrons. The van der Waals surface area contributed by atoms with Crippen molar-refractivity contribution < 1.29 is 32.2 Å². The zero-order valence-corrected chi connectivity index (χ0v) is 23.7. The van der Waals surface area contributed by atoms with Gasteiger partial charge in [0.25, 0.3) is 5.91 Å². The van der Waals surface area contributed by atoms with Gasteiger partial charge < -0.3 is 24.1 Å². The van der Waals surface area contributed by atoms with Gasteiger partial charge in [0.05, 0.1) is 6.20 Å². The predicted molar refractivity (Wildman–Crippen MR) is 153 cm³/mol. The van der Waals surface area contributed by atoms with Crippen LogP contribution in [0.2, 0.25) is 0 Å². The molecular formula is C31H29N3O7S. The van der Waals surface area contributed by atoms with Gasteiger partial charge in [0, 0.05) is 42.6 Å². The summed E-state index contributed by atoms with van der Waals surface area (Å²) in [7, 11) is -3.46. The summed E-state index contributed by atoms with van der Waals surface area (Å²) in [5.74, 6) is 0.599. The Morgan fingerprint density at radius 2 is 1.76 bits per heavy atom. The minimum absolute atomic E-state index is 0.0192. The molecule has 42 heavy (non-hydrogen) atoms. The molecule has 216 valence electrons. The number of H-pyrrole nitrogens is 1. The number of benzene rings is 2. The number of esters is 1. The molecule has 11 heteroatoms. The summed E-state index contributed by atoms with van der Waals surface area (Å²) in [6, 6.07) is 21.2. The van der Waals surface area contributed by atoms with Crippen LogP contribution in [0.1, 0.15) is 35.3 Å². The van der Waals surface area contributed by atoms with Gasteiger partial charge in [0.15, 0.2) is 21.0 Å². The molecular weight excluding hydrogens is 558 g/mol. The van der Waals surface area contributed by atoms with E-state index < -0.39 is 21.9 Å². The Morgan fingerprint density at radius 3 is 2.48 bits per heavy atom. The monoisotopic (exact) mass is 587 g/mol. The number of nitrogens with zero attached hydrogens (tertiary/aromatic N) is 2. The Kier molecular flexibility index (Phi) is 7.42. The summed E-state index contributed by atoms with van der Waals surface area (Å²) in [4.78, 5) is 34.6. The van der Waals surface area contributed by atoms with Crippen LogP contribution in [-0.4, -0.2) is 60.1 Å². The molecule has 1 N–H and O–H groups in total. The van der Waals surface area contributed by atoms with Gasteiger partial charge in [-0.1, -0.05) is 30.3 Å². The summed E-state index contributed by atoms with van der Waals surface area (Å²) >= 11 is 0. The van der Waals surface area contributed by atoms with Crippen LogP contribution < -0.4 is 9.47 Å². The van der Waals surface area contributed by atoms with E-state index in [2.05, 4.69) is 9.97 Å². The van der Waals surface area contributed by atoms with E-state index in [1.165, 1.54) is 18.3 Å². The topological polar surface area (TPSA) is 128 Å². The number of hydrogen-bond donors (Lipinski definition) is 1.